The van der Waals surface area contributed by atoms with Crippen LogP contribution in [-0.4, -0.2) is 12.9 Å². The van der Waals surface area contributed by atoms with Crippen molar-refractivity contribution in [3.8, 4) is 17.6 Å². The van der Waals surface area contributed by atoms with Gasteiger partial charge < -0.3 is 19.9 Å². The number of hydrogen-bond donors (Lipinski definition) is 1. The van der Waals surface area contributed by atoms with Crippen LogP contribution in [0.25, 0.3) is 0 Å². The van der Waals surface area contributed by atoms with E-state index in [0.29, 0.717) is 29.9 Å². The number of Topliss-reactive ketones (excluding diaryl/α,β-unsaturated/α-hetero) is 1. The number of methoxy groups -OCH3 is 1. The minimum Gasteiger partial charge on any atom is -0.496 e. The molecule has 0 fully saturated rings. The van der Waals surface area contributed by atoms with Gasteiger partial charge in [0.05, 0.1) is 13.0 Å². The molecule has 2 aromatic rings. The van der Waals surface area contributed by atoms with Crippen LogP contribution >= 0.6 is 0 Å². The van der Waals surface area contributed by atoms with Gasteiger partial charge >= 0.3 is 0 Å². The number of ketones is 1. The molecular weight excluding hydrogens is 416 g/mol. The highest BCUT2D eigenvalue weighted by atomic mass is 16.5. The summed E-state index contributed by atoms with van der Waals surface area (Å²) >= 11 is 0. The Morgan fingerprint density at radius 2 is 1.94 bits per heavy atom. The lowest BCUT2D eigenvalue weighted by molar-refractivity contribution is -0.119. The van der Waals surface area contributed by atoms with Crippen molar-refractivity contribution in [3.05, 3.63) is 81.9 Å². The van der Waals surface area contributed by atoms with E-state index in [-0.39, 0.29) is 29.3 Å². The maximum absolute atomic E-state index is 13.2. The Morgan fingerprint density at radius 1 is 1.18 bits per heavy atom. The minimum absolute atomic E-state index is 0.0139. The van der Waals surface area contributed by atoms with E-state index >= 15 is 0 Å². The largest absolute Gasteiger partial charge is 0.496 e. The van der Waals surface area contributed by atoms with Crippen LogP contribution in [0, 0.1) is 23.7 Å². The van der Waals surface area contributed by atoms with Crippen molar-refractivity contribution in [3.63, 3.8) is 0 Å². The van der Waals surface area contributed by atoms with Gasteiger partial charge in [-0.1, -0.05) is 38.1 Å². The van der Waals surface area contributed by atoms with Gasteiger partial charge in [-0.15, -0.1) is 0 Å². The number of carbonyl (C=O) groups is 1. The lowest BCUT2D eigenvalue weighted by Gasteiger charge is -2.37. The van der Waals surface area contributed by atoms with Crippen molar-refractivity contribution in [2.45, 2.75) is 46.1 Å². The third-order valence-corrected chi connectivity index (χ3v) is 6.19. The highest BCUT2D eigenvalue weighted by molar-refractivity contribution is 6.00. The SMILES string of the molecule is COc1ccc(C2C(C#N)=C(N)OC3=C2C(=O)CC(C)(C)C3)cc1COc1ccccc1C. The van der Waals surface area contributed by atoms with E-state index in [9.17, 15) is 10.1 Å². The molecule has 1 atom stereocenters. The van der Waals surface area contributed by atoms with E-state index in [2.05, 4.69) is 6.07 Å². The summed E-state index contributed by atoms with van der Waals surface area (Å²) in [5, 5.41) is 9.87. The third-order valence-electron chi connectivity index (χ3n) is 6.19. The molecule has 0 aromatic heterocycles. The van der Waals surface area contributed by atoms with Crippen molar-refractivity contribution < 1.29 is 19.0 Å². The van der Waals surface area contributed by atoms with E-state index in [1.54, 1.807) is 7.11 Å². The highest BCUT2D eigenvalue weighted by Gasteiger charge is 2.43. The standard InChI is InChI=1S/C27H28N2O4/c1-16-7-5-6-8-21(16)32-15-18-11-17(9-10-22(18)31-4)24-19(14-28)26(29)33-23-13-27(2,3)12-20(30)25(23)24/h5-11,24H,12-13,15,29H2,1-4H3. The molecule has 4 rings (SSSR count). The fourth-order valence-electron chi connectivity index (χ4n) is 4.58. The molecule has 1 heterocycles. The molecule has 0 saturated heterocycles. The number of nitrogens with two attached hydrogens (primary N) is 1. The number of hydrogen-bond acceptors (Lipinski definition) is 6. The second-order valence-electron chi connectivity index (χ2n) is 9.33. The molecular formula is C27H28N2O4. The van der Waals surface area contributed by atoms with Crippen molar-refractivity contribution in [1.82, 2.24) is 0 Å². The summed E-state index contributed by atoms with van der Waals surface area (Å²) in [5.74, 6) is 1.48. The lowest BCUT2D eigenvalue weighted by atomic mass is 9.70. The molecule has 2 aliphatic rings. The highest BCUT2D eigenvalue weighted by Crippen LogP contribution is 2.48. The molecule has 0 spiro atoms. The van der Waals surface area contributed by atoms with Gasteiger partial charge in [0.1, 0.15) is 35.5 Å². The fourth-order valence-corrected chi connectivity index (χ4v) is 4.58. The maximum atomic E-state index is 13.2. The van der Waals surface area contributed by atoms with Crippen LogP contribution in [0.15, 0.2) is 65.3 Å². The molecule has 1 aliphatic heterocycles. The summed E-state index contributed by atoms with van der Waals surface area (Å²) in [6.07, 6.45) is 0.979. The van der Waals surface area contributed by atoms with E-state index < -0.39 is 5.92 Å². The first kappa shape index (κ1) is 22.5. The Labute approximate surface area is 194 Å². The Kier molecular flexibility index (Phi) is 5.90. The summed E-state index contributed by atoms with van der Waals surface area (Å²) in [5.41, 5.74) is 9.31. The third kappa shape index (κ3) is 4.31. The van der Waals surface area contributed by atoms with Crippen LogP contribution in [0.1, 0.15) is 49.3 Å². The molecule has 0 radical (unpaired) electrons. The van der Waals surface area contributed by atoms with Crippen LogP contribution in [0.2, 0.25) is 0 Å². The van der Waals surface area contributed by atoms with E-state index in [1.165, 1.54) is 0 Å². The maximum Gasteiger partial charge on any atom is 0.205 e. The molecule has 33 heavy (non-hydrogen) atoms. The summed E-state index contributed by atoms with van der Waals surface area (Å²) in [6, 6.07) is 15.6. The van der Waals surface area contributed by atoms with Gasteiger partial charge in [0, 0.05) is 24.0 Å². The van der Waals surface area contributed by atoms with E-state index in [1.807, 2.05) is 63.2 Å². The van der Waals surface area contributed by atoms with Crippen LogP contribution < -0.4 is 15.2 Å². The summed E-state index contributed by atoms with van der Waals surface area (Å²) in [7, 11) is 1.60. The minimum atomic E-state index is -0.578. The van der Waals surface area contributed by atoms with Gasteiger partial charge in [-0.05, 0) is 41.7 Å². The average molecular weight is 445 g/mol. The van der Waals surface area contributed by atoms with Crippen molar-refractivity contribution in [2.24, 2.45) is 11.1 Å². The molecule has 1 unspecified atom stereocenters. The molecule has 0 bridgehead atoms. The van der Waals surface area contributed by atoms with Crippen LogP contribution in [0.3, 0.4) is 0 Å². The first-order valence-electron chi connectivity index (χ1n) is 10.9. The smallest absolute Gasteiger partial charge is 0.205 e. The Balaban J connectivity index is 1.76. The zero-order valence-corrected chi connectivity index (χ0v) is 19.4. The number of para-hydroxylation sites is 1. The number of allylic oxidation sites excluding steroid dienone is 3. The monoisotopic (exact) mass is 444 g/mol. The first-order chi connectivity index (χ1) is 15.7. The van der Waals surface area contributed by atoms with Gasteiger partial charge in [0.2, 0.25) is 5.88 Å². The Bertz CT molecular complexity index is 1220. The number of rotatable bonds is 5. The van der Waals surface area contributed by atoms with Crippen LogP contribution in [0.4, 0.5) is 0 Å². The number of nitrogens with zero attached hydrogens (tertiary/aromatic N) is 1. The molecule has 2 N–H and O–H groups in total. The fraction of sp³-hybridized carbons (Fsp3) is 0.333. The van der Waals surface area contributed by atoms with Gasteiger partial charge in [-0.25, -0.2) is 0 Å². The summed E-state index contributed by atoms with van der Waals surface area (Å²) in [4.78, 5) is 13.2. The number of aryl methyl sites for hydroxylation is 1. The zero-order valence-electron chi connectivity index (χ0n) is 19.4. The molecule has 0 saturated carbocycles. The van der Waals surface area contributed by atoms with E-state index in [0.717, 1.165) is 22.4 Å². The predicted molar refractivity (Wildman–Crippen MR) is 124 cm³/mol. The van der Waals surface area contributed by atoms with Crippen molar-refractivity contribution in [2.75, 3.05) is 7.11 Å². The quantitative estimate of drug-likeness (QED) is 0.695. The zero-order chi connectivity index (χ0) is 23.8. The molecule has 6 heteroatoms. The molecule has 170 valence electrons. The van der Waals surface area contributed by atoms with Crippen LogP contribution in [-0.2, 0) is 16.1 Å². The second kappa shape index (κ2) is 8.67. The van der Waals surface area contributed by atoms with Crippen molar-refractivity contribution >= 4 is 5.78 Å². The number of nitriles is 1. The van der Waals surface area contributed by atoms with Gasteiger partial charge in [0.15, 0.2) is 5.78 Å². The number of ether oxygens (including phenoxy) is 3. The number of benzene rings is 2. The van der Waals surface area contributed by atoms with E-state index in [4.69, 9.17) is 19.9 Å². The Hall–Kier alpha value is -3.72. The molecule has 2 aromatic carbocycles. The van der Waals surface area contributed by atoms with Gasteiger partial charge in [-0.3, -0.25) is 4.79 Å². The van der Waals surface area contributed by atoms with Crippen molar-refractivity contribution in [1.29, 1.82) is 5.26 Å². The molecule has 6 nitrogen and oxygen atoms in total. The predicted octanol–water partition coefficient (Wildman–Crippen LogP) is 5.03. The average Bonchev–Trinajstić information content (AvgIpc) is 2.76. The van der Waals surface area contributed by atoms with Gasteiger partial charge in [0.25, 0.3) is 0 Å². The second-order valence-corrected chi connectivity index (χ2v) is 9.33. The first-order valence-corrected chi connectivity index (χ1v) is 10.9. The summed E-state index contributed by atoms with van der Waals surface area (Å²) in [6.45, 7) is 6.32. The van der Waals surface area contributed by atoms with Gasteiger partial charge in [-0.2, -0.15) is 5.26 Å². The number of carbonyl (C=O) groups excluding carboxylic acids is 1. The lowest BCUT2D eigenvalue weighted by Crippen LogP contribution is -2.33. The summed E-state index contributed by atoms with van der Waals surface area (Å²) < 4.78 is 17.4. The molecule has 0 amide bonds. The topological polar surface area (TPSA) is 94.6 Å². The molecule has 1 aliphatic carbocycles. The Morgan fingerprint density at radius 3 is 2.64 bits per heavy atom. The van der Waals surface area contributed by atoms with Crippen LogP contribution in [0.5, 0.6) is 11.5 Å². The normalized spacial score (nSPS) is 19.5.